The molecule has 2 aromatic rings. The molecule has 0 unspecified atom stereocenters. The van der Waals surface area contributed by atoms with Gasteiger partial charge >= 0.3 is 0 Å². The minimum Gasteiger partial charge on any atom is -0.423 e. The lowest BCUT2D eigenvalue weighted by Crippen LogP contribution is -2.23. The average molecular weight is 270 g/mol. The van der Waals surface area contributed by atoms with Gasteiger partial charge in [-0.05, 0) is 23.1 Å². The highest BCUT2D eigenvalue weighted by Crippen LogP contribution is 2.28. The van der Waals surface area contributed by atoms with Gasteiger partial charge in [0.15, 0.2) is 5.58 Å². The van der Waals surface area contributed by atoms with E-state index in [9.17, 15) is 0 Å². The van der Waals surface area contributed by atoms with Gasteiger partial charge in [-0.2, -0.15) is 4.98 Å². The highest BCUT2D eigenvalue weighted by Gasteiger charge is 2.17. The van der Waals surface area contributed by atoms with Crippen molar-refractivity contribution in [3.05, 3.63) is 49.1 Å². The molecular formula is C17H22N2O. The van der Waals surface area contributed by atoms with Gasteiger partial charge in [-0.1, -0.05) is 39.0 Å². The fourth-order valence-electron chi connectivity index (χ4n) is 2.06. The predicted octanol–water partition coefficient (Wildman–Crippen LogP) is 4.30. The van der Waals surface area contributed by atoms with Crippen LogP contribution in [0.25, 0.3) is 11.1 Å². The zero-order chi connectivity index (χ0) is 14.8. The molecular weight excluding hydrogens is 248 g/mol. The van der Waals surface area contributed by atoms with Crippen molar-refractivity contribution in [2.75, 3.05) is 18.0 Å². The van der Waals surface area contributed by atoms with Gasteiger partial charge in [0, 0.05) is 13.1 Å². The minimum atomic E-state index is 0.106. The first-order valence-corrected chi connectivity index (χ1v) is 6.83. The molecule has 1 heterocycles. The molecule has 1 aromatic heterocycles. The van der Waals surface area contributed by atoms with E-state index >= 15 is 0 Å². The summed E-state index contributed by atoms with van der Waals surface area (Å²) in [6, 6.07) is 6.81. The summed E-state index contributed by atoms with van der Waals surface area (Å²) in [5.41, 5.74) is 3.07. The Hall–Kier alpha value is -2.03. The first kappa shape index (κ1) is 14.4. The molecule has 0 saturated carbocycles. The van der Waals surface area contributed by atoms with Gasteiger partial charge < -0.3 is 9.32 Å². The topological polar surface area (TPSA) is 29.3 Å². The van der Waals surface area contributed by atoms with Gasteiger partial charge in [0.05, 0.1) is 0 Å². The molecule has 0 aliphatic carbocycles. The maximum Gasteiger partial charge on any atom is 0.298 e. The highest BCUT2D eigenvalue weighted by molar-refractivity contribution is 5.75. The Bertz CT molecular complexity index is 609. The van der Waals surface area contributed by atoms with Crippen molar-refractivity contribution in [3.63, 3.8) is 0 Å². The van der Waals surface area contributed by atoms with E-state index in [4.69, 9.17) is 4.42 Å². The lowest BCUT2D eigenvalue weighted by Gasteiger charge is -2.18. The molecule has 0 aliphatic heterocycles. The summed E-state index contributed by atoms with van der Waals surface area (Å²) < 4.78 is 5.82. The molecule has 0 radical (unpaired) electrons. The van der Waals surface area contributed by atoms with E-state index in [0.29, 0.717) is 19.1 Å². The van der Waals surface area contributed by atoms with Gasteiger partial charge in [0.25, 0.3) is 6.01 Å². The van der Waals surface area contributed by atoms with Crippen molar-refractivity contribution in [1.82, 2.24) is 4.98 Å². The third kappa shape index (κ3) is 2.93. The molecule has 0 amide bonds. The maximum absolute atomic E-state index is 5.82. The summed E-state index contributed by atoms with van der Waals surface area (Å²) in [5.74, 6) is 0. The molecule has 0 atom stereocenters. The predicted molar refractivity (Wildman–Crippen MR) is 85.3 cm³/mol. The van der Waals surface area contributed by atoms with E-state index in [1.54, 1.807) is 0 Å². The van der Waals surface area contributed by atoms with Gasteiger partial charge in [-0.3, -0.25) is 0 Å². The molecule has 0 N–H and O–H groups in total. The van der Waals surface area contributed by atoms with Crippen LogP contribution in [0.4, 0.5) is 6.01 Å². The molecule has 0 fully saturated rings. The second kappa shape index (κ2) is 5.53. The van der Waals surface area contributed by atoms with Crippen LogP contribution in [0.3, 0.4) is 0 Å². The smallest absolute Gasteiger partial charge is 0.298 e. The van der Waals surface area contributed by atoms with Crippen molar-refractivity contribution in [3.8, 4) is 0 Å². The normalized spacial score (nSPS) is 11.6. The van der Waals surface area contributed by atoms with Gasteiger partial charge in [-0.15, -0.1) is 13.2 Å². The van der Waals surface area contributed by atoms with E-state index in [2.05, 4.69) is 51.0 Å². The summed E-state index contributed by atoms with van der Waals surface area (Å²) in [6.07, 6.45) is 3.66. The van der Waals surface area contributed by atoms with Crippen molar-refractivity contribution in [2.24, 2.45) is 0 Å². The van der Waals surface area contributed by atoms with Crippen molar-refractivity contribution >= 4 is 17.1 Å². The summed E-state index contributed by atoms with van der Waals surface area (Å²) in [4.78, 5) is 6.58. The molecule has 106 valence electrons. The third-order valence-electron chi connectivity index (χ3n) is 3.21. The summed E-state index contributed by atoms with van der Waals surface area (Å²) in [6.45, 7) is 15.5. The molecule has 20 heavy (non-hydrogen) atoms. The highest BCUT2D eigenvalue weighted by atomic mass is 16.4. The standard InChI is InChI=1S/C17H22N2O/c1-6-10-19(11-7-2)16-18-14-12-13(17(3,4)5)8-9-15(14)20-16/h6-9,12H,1-2,10-11H2,3-5H3. The second-order valence-corrected chi connectivity index (χ2v) is 5.91. The van der Waals surface area contributed by atoms with Gasteiger partial charge in [0.2, 0.25) is 0 Å². The fourth-order valence-corrected chi connectivity index (χ4v) is 2.06. The largest absolute Gasteiger partial charge is 0.423 e. The number of aromatic nitrogens is 1. The van der Waals surface area contributed by atoms with Gasteiger partial charge in [-0.25, -0.2) is 0 Å². The Morgan fingerprint density at radius 2 is 1.85 bits per heavy atom. The number of benzene rings is 1. The Balaban J connectivity index is 2.42. The molecule has 0 saturated heterocycles. The van der Waals surface area contributed by atoms with Crippen LogP contribution in [0.1, 0.15) is 26.3 Å². The van der Waals surface area contributed by atoms with Crippen LogP contribution in [0.15, 0.2) is 47.9 Å². The van der Waals surface area contributed by atoms with E-state index in [-0.39, 0.29) is 5.41 Å². The van der Waals surface area contributed by atoms with Crippen LogP contribution in [0, 0.1) is 0 Å². The zero-order valence-corrected chi connectivity index (χ0v) is 12.5. The zero-order valence-electron chi connectivity index (χ0n) is 12.5. The SMILES string of the molecule is C=CCN(CC=C)c1nc2cc(C(C)(C)C)ccc2o1. The summed E-state index contributed by atoms with van der Waals surface area (Å²) >= 11 is 0. The fraction of sp³-hybridized carbons (Fsp3) is 0.353. The maximum atomic E-state index is 5.82. The van der Waals surface area contributed by atoms with Crippen LogP contribution in [0.5, 0.6) is 0 Å². The quantitative estimate of drug-likeness (QED) is 0.758. The number of hydrogen-bond acceptors (Lipinski definition) is 3. The Morgan fingerprint density at radius 1 is 1.20 bits per heavy atom. The van der Waals surface area contributed by atoms with E-state index in [0.717, 1.165) is 11.1 Å². The van der Waals surface area contributed by atoms with Crippen LogP contribution in [-0.2, 0) is 5.41 Å². The Kier molecular flexibility index (Phi) is 3.98. The summed E-state index contributed by atoms with van der Waals surface area (Å²) in [5, 5.41) is 0. The second-order valence-electron chi connectivity index (χ2n) is 5.91. The van der Waals surface area contributed by atoms with Crippen molar-refractivity contribution in [1.29, 1.82) is 0 Å². The van der Waals surface area contributed by atoms with Gasteiger partial charge in [0.1, 0.15) is 5.52 Å². The first-order chi connectivity index (χ1) is 9.45. The molecule has 1 aromatic carbocycles. The molecule has 0 aliphatic rings. The summed E-state index contributed by atoms with van der Waals surface area (Å²) in [7, 11) is 0. The number of rotatable bonds is 5. The minimum absolute atomic E-state index is 0.106. The monoisotopic (exact) mass is 270 g/mol. The number of oxazole rings is 1. The van der Waals surface area contributed by atoms with E-state index < -0.39 is 0 Å². The van der Waals surface area contributed by atoms with Crippen molar-refractivity contribution in [2.45, 2.75) is 26.2 Å². The van der Waals surface area contributed by atoms with E-state index in [1.807, 2.05) is 23.1 Å². The average Bonchev–Trinajstić information content (AvgIpc) is 2.80. The molecule has 0 bridgehead atoms. The Labute approximate surface area is 120 Å². The molecule has 0 spiro atoms. The molecule has 2 rings (SSSR count). The van der Waals surface area contributed by atoms with Crippen LogP contribution >= 0.6 is 0 Å². The number of hydrogen-bond donors (Lipinski definition) is 0. The lowest BCUT2D eigenvalue weighted by molar-refractivity contribution is 0.582. The Morgan fingerprint density at radius 3 is 2.40 bits per heavy atom. The third-order valence-corrected chi connectivity index (χ3v) is 3.21. The number of fused-ring (bicyclic) bond motifs is 1. The van der Waals surface area contributed by atoms with Crippen LogP contribution < -0.4 is 4.90 Å². The van der Waals surface area contributed by atoms with Crippen LogP contribution in [-0.4, -0.2) is 18.1 Å². The number of nitrogens with zero attached hydrogens (tertiary/aromatic N) is 2. The number of anilines is 1. The molecule has 3 heteroatoms. The van der Waals surface area contributed by atoms with E-state index in [1.165, 1.54) is 5.56 Å². The van der Waals surface area contributed by atoms with Crippen LogP contribution in [0.2, 0.25) is 0 Å². The molecule has 3 nitrogen and oxygen atoms in total. The van der Waals surface area contributed by atoms with Crippen molar-refractivity contribution < 1.29 is 4.42 Å². The lowest BCUT2D eigenvalue weighted by atomic mass is 9.87. The first-order valence-electron chi connectivity index (χ1n) is 6.83.